The van der Waals surface area contributed by atoms with Crippen LogP contribution in [-0.4, -0.2) is 30.7 Å². The molecule has 1 aromatic carbocycles. The number of nitriles is 1. The summed E-state index contributed by atoms with van der Waals surface area (Å²) in [5.74, 6) is 0.722. The Bertz CT molecular complexity index is 621. The van der Waals surface area contributed by atoms with E-state index in [-0.39, 0.29) is 22.8 Å². The predicted octanol–water partition coefficient (Wildman–Crippen LogP) is 0.187. The molecule has 0 saturated heterocycles. The Balaban J connectivity index is 2.89. The fraction of sp³-hybridized carbons (Fsp3) is 0.364. The summed E-state index contributed by atoms with van der Waals surface area (Å²) in [6.07, 6.45) is 0. The molecular weight excluding hydrogens is 286 g/mol. The summed E-state index contributed by atoms with van der Waals surface area (Å²) >= 11 is 0. The minimum absolute atomic E-state index is 0.0101. The molecular formula is C11H15N3O3S2. The molecule has 8 heteroatoms. The Morgan fingerprint density at radius 1 is 1.47 bits per heavy atom. The molecule has 0 aliphatic rings. The molecule has 0 fully saturated rings. The highest BCUT2D eigenvalue weighted by molar-refractivity contribution is 7.89. The third-order valence-electron chi connectivity index (χ3n) is 2.36. The largest absolute Gasteiger partial charge is 0.399 e. The SMILES string of the molecule is CCS(=O)CCNS(=O)(=O)c1ccc(N)cc1C#N. The summed E-state index contributed by atoms with van der Waals surface area (Å²) in [5, 5.41) is 8.91. The molecule has 0 spiro atoms. The number of hydrogen-bond donors (Lipinski definition) is 2. The van der Waals surface area contributed by atoms with E-state index in [0.717, 1.165) is 0 Å². The van der Waals surface area contributed by atoms with Crippen molar-refractivity contribution in [3.05, 3.63) is 23.8 Å². The van der Waals surface area contributed by atoms with Crippen LogP contribution in [0.4, 0.5) is 5.69 Å². The van der Waals surface area contributed by atoms with Crippen LogP contribution in [0, 0.1) is 11.3 Å². The first-order valence-electron chi connectivity index (χ1n) is 5.55. The highest BCUT2D eigenvalue weighted by atomic mass is 32.2. The lowest BCUT2D eigenvalue weighted by atomic mass is 10.2. The van der Waals surface area contributed by atoms with E-state index < -0.39 is 20.8 Å². The number of benzene rings is 1. The summed E-state index contributed by atoms with van der Waals surface area (Å²) in [7, 11) is -4.83. The normalized spacial score (nSPS) is 12.8. The van der Waals surface area contributed by atoms with Crippen molar-refractivity contribution in [2.45, 2.75) is 11.8 Å². The first kappa shape index (κ1) is 15.6. The van der Waals surface area contributed by atoms with Gasteiger partial charge in [0.05, 0.1) is 10.5 Å². The first-order valence-corrected chi connectivity index (χ1v) is 8.52. The van der Waals surface area contributed by atoms with Gasteiger partial charge in [-0.1, -0.05) is 6.92 Å². The molecule has 1 atom stereocenters. The topological polar surface area (TPSA) is 113 Å². The van der Waals surface area contributed by atoms with Crippen LogP contribution < -0.4 is 10.5 Å². The van der Waals surface area contributed by atoms with Gasteiger partial charge in [0, 0.05) is 34.5 Å². The lowest BCUT2D eigenvalue weighted by Gasteiger charge is -2.08. The van der Waals surface area contributed by atoms with Crippen LogP contribution in [0.15, 0.2) is 23.1 Å². The average molecular weight is 301 g/mol. The van der Waals surface area contributed by atoms with E-state index in [9.17, 15) is 12.6 Å². The molecule has 0 aliphatic carbocycles. The van der Waals surface area contributed by atoms with E-state index in [2.05, 4.69) is 4.72 Å². The number of sulfonamides is 1. The molecule has 0 amide bonds. The Kier molecular flexibility index (Phi) is 5.47. The van der Waals surface area contributed by atoms with Crippen LogP contribution in [0.25, 0.3) is 0 Å². The van der Waals surface area contributed by atoms with E-state index in [4.69, 9.17) is 11.0 Å². The van der Waals surface area contributed by atoms with Crippen LogP contribution in [0.5, 0.6) is 0 Å². The van der Waals surface area contributed by atoms with Gasteiger partial charge in [-0.15, -0.1) is 0 Å². The van der Waals surface area contributed by atoms with Gasteiger partial charge in [-0.3, -0.25) is 4.21 Å². The lowest BCUT2D eigenvalue weighted by Crippen LogP contribution is -2.28. The maximum Gasteiger partial charge on any atom is 0.241 e. The summed E-state index contributed by atoms with van der Waals surface area (Å²) in [4.78, 5) is -0.119. The Morgan fingerprint density at radius 2 is 2.16 bits per heavy atom. The van der Waals surface area contributed by atoms with Gasteiger partial charge >= 0.3 is 0 Å². The van der Waals surface area contributed by atoms with E-state index in [1.54, 1.807) is 13.0 Å². The lowest BCUT2D eigenvalue weighted by molar-refractivity contribution is 0.583. The monoisotopic (exact) mass is 301 g/mol. The summed E-state index contributed by atoms with van der Waals surface area (Å²) in [5.41, 5.74) is 5.81. The Labute approximate surface area is 115 Å². The van der Waals surface area contributed by atoms with Crippen molar-refractivity contribution in [3.8, 4) is 6.07 Å². The van der Waals surface area contributed by atoms with Crippen molar-refractivity contribution in [2.24, 2.45) is 0 Å². The minimum atomic E-state index is -3.79. The van der Waals surface area contributed by atoms with Gasteiger partial charge in [0.15, 0.2) is 0 Å². The van der Waals surface area contributed by atoms with Crippen molar-refractivity contribution in [1.29, 1.82) is 5.26 Å². The molecule has 104 valence electrons. The minimum Gasteiger partial charge on any atom is -0.399 e. The molecule has 6 nitrogen and oxygen atoms in total. The maximum absolute atomic E-state index is 12.0. The van der Waals surface area contributed by atoms with Crippen molar-refractivity contribution in [3.63, 3.8) is 0 Å². The second-order valence-corrected chi connectivity index (χ2v) is 7.30. The van der Waals surface area contributed by atoms with Crippen molar-refractivity contribution < 1.29 is 12.6 Å². The van der Waals surface area contributed by atoms with Gasteiger partial charge in [0.2, 0.25) is 10.0 Å². The fourth-order valence-electron chi connectivity index (χ4n) is 1.38. The zero-order chi connectivity index (χ0) is 14.5. The zero-order valence-electron chi connectivity index (χ0n) is 10.4. The smallest absolute Gasteiger partial charge is 0.241 e. The van der Waals surface area contributed by atoms with Crippen molar-refractivity contribution in [2.75, 3.05) is 23.8 Å². The average Bonchev–Trinajstić information content (AvgIpc) is 2.37. The van der Waals surface area contributed by atoms with E-state index in [1.807, 2.05) is 0 Å². The number of anilines is 1. The number of rotatable bonds is 6. The highest BCUT2D eigenvalue weighted by Crippen LogP contribution is 2.17. The van der Waals surface area contributed by atoms with Crippen LogP contribution in [0.3, 0.4) is 0 Å². The molecule has 1 rings (SSSR count). The Morgan fingerprint density at radius 3 is 2.74 bits per heavy atom. The number of nitrogens with zero attached hydrogens (tertiary/aromatic N) is 1. The van der Waals surface area contributed by atoms with Gasteiger partial charge in [-0.2, -0.15) is 5.26 Å². The standard InChI is InChI=1S/C11H15N3O3S2/c1-2-18(15)6-5-14-19(16,17)11-4-3-10(13)7-9(11)8-12/h3-4,7,14H,2,5-6,13H2,1H3. The molecule has 1 aromatic rings. The second kappa shape index (κ2) is 6.65. The van der Waals surface area contributed by atoms with Gasteiger partial charge in [-0.25, -0.2) is 13.1 Å². The molecule has 0 aromatic heterocycles. The number of nitrogen functional groups attached to an aromatic ring is 1. The van der Waals surface area contributed by atoms with Crippen LogP contribution >= 0.6 is 0 Å². The number of nitrogens with two attached hydrogens (primary N) is 1. The summed E-state index contributed by atoms with van der Waals surface area (Å²) in [6, 6.07) is 5.80. The Hall–Kier alpha value is -1.43. The van der Waals surface area contributed by atoms with E-state index in [1.165, 1.54) is 18.2 Å². The molecule has 3 N–H and O–H groups in total. The number of hydrogen-bond acceptors (Lipinski definition) is 5. The summed E-state index contributed by atoms with van der Waals surface area (Å²) in [6.45, 7) is 1.83. The van der Waals surface area contributed by atoms with Gasteiger partial charge in [0.25, 0.3) is 0 Å². The van der Waals surface area contributed by atoms with Gasteiger partial charge in [0.1, 0.15) is 6.07 Å². The molecule has 19 heavy (non-hydrogen) atoms. The van der Waals surface area contributed by atoms with Crippen molar-refractivity contribution in [1.82, 2.24) is 4.72 Å². The van der Waals surface area contributed by atoms with Crippen LogP contribution in [0.1, 0.15) is 12.5 Å². The third kappa shape index (κ3) is 4.31. The van der Waals surface area contributed by atoms with Crippen LogP contribution in [-0.2, 0) is 20.8 Å². The maximum atomic E-state index is 12.0. The molecule has 0 aliphatic heterocycles. The van der Waals surface area contributed by atoms with E-state index >= 15 is 0 Å². The van der Waals surface area contributed by atoms with Crippen LogP contribution in [0.2, 0.25) is 0 Å². The number of nitrogens with one attached hydrogen (secondary N) is 1. The van der Waals surface area contributed by atoms with Crippen molar-refractivity contribution >= 4 is 26.5 Å². The first-order chi connectivity index (χ1) is 8.90. The second-order valence-electron chi connectivity index (χ2n) is 3.70. The quantitative estimate of drug-likeness (QED) is 0.728. The third-order valence-corrected chi connectivity index (χ3v) is 5.18. The molecule has 0 bridgehead atoms. The zero-order valence-corrected chi connectivity index (χ0v) is 12.1. The molecule has 0 radical (unpaired) electrons. The van der Waals surface area contributed by atoms with Gasteiger partial charge < -0.3 is 5.73 Å². The predicted molar refractivity (Wildman–Crippen MR) is 74.3 cm³/mol. The van der Waals surface area contributed by atoms with Gasteiger partial charge in [-0.05, 0) is 18.2 Å². The fourth-order valence-corrected chi connectivity index (χ4v) is 3.30. The van der Waals surface area contributed by atoms with E-state index in [0.29, 0.717) is 11.4 Å². The molecule has 0 heterocycles. The molecule has 1 unspecified atom stereocenters. The summed E-state index contributed by atoms with van der Waals surface area (Å²) < 4.78 is 37.5. The highest BCUT2D eigenvalue weighted by Gasteiger charge is 2.18. The molecule has 0 saturated carbocycles.